The fraction of sp³-hybridized carbons (Fsp3) is 0.423. The number of benzene rings is 1. The van der Waals surface area contributed by atoms with Gasteiger partial charge >= 0.3 is 0 Å². The van der Waals surface area contributed by atoms with Gasteiger partial charge in [-0.15, -0.1) is 0 Å². The van der Waals surface area contributed by atoms with Crippen LogP contribution in [-0.4, -0.2) is 68.2 Å². The van der Waals surface area contributed by atoms with Gasteiger partial charge in [0, 0.05) is 47.8 Å². The molecule has 3 aromatic rings. The van der Waals surface area contributed by atoms with Crippen LogP contribution in [0.5, 0.6) is 5.88 Å². The van der Waals surface area contributed by atoms with Crippen molar-refractivity contribution in [3.05, 3.63) is 42.1 Å². The van der Waals surface area contributed by atoms with Crippen LogP contribution in [0.3, 0.4) is 0 Å². The number of aromatic amines is 1. The molecule has 0 spiro atoms. The van der Waals surface area contributed by atoms with Crippen molar-refractivity contribution in [3.63, 3.8) is 0 Å². The van der Waals surface area contributed by atoms with Gasteiger partial charge in [0.15, 0.2) is 0 Å². The lowest BCUT2D eigenvalue weighted by atomic mass is 9.89. The van der Waals surface area contributed by atoms with E-state index in [1.807, 2.05) is 6.07 Å². The Morgan fingerprint density at radius 3 is 2.82 bits per heavy atom. The molecule has 0 radical (unpaired) electrons. The molecule has 0 bridgehead atoms. The number of aliphatic imine (C=N–C) groups is 1. The lowest BCUT2D eigenvalue weighted by Gasteiger charge is -2.39. The molecule has 178 valence electrons. The van der Waals surface area contributed by atoms with Crippen LogP contribution in [0.1, 0.15) is 31.2 Å². The van der Waals surface area contributed by atoms with E-state index in [4.69, 9.17) is 14.5 Å². The first-order valence-electron chi connectivity index (χ1n) is 12.1. The van der Waals surface area contributed by atoms with Gasteiger partial charge in [0.1, 0.15) is 5.82 Å². The summed E-state index contributed by atoms with van der Waals surface area (Å²) in [4.78, 5) is 15.3. The minimum absolute atomic E-state index is 0.285. The largest absolute Gasteiger partial charge is 0.481 e. The summed E-state index contributed by atoms with van der Waals surface area (Å²) in [5, 5.41) is 5.19. The Kier molecular flexibility index (Phi) is 6.47. The Hall–Kier alpha value is -2.14. The molecule has 2 N–H and O–H groups in total. The smallest absolute Gasteiger partial charge is 0.221 e. The van der Waals surface area contributed by atoms with Gasteiger partial charge < -0.3 is 14.5 Å². The molecule has 1 saturated carbocycles. The molecule has 0 amide bonds. The van der Waals surface area contributed by atoms with Crippen LogP contribution in [0.15, 0.2) is 41.5 Å². The molecular formula is C26H30IN5O2. The lowest BCUT2D eigenvalue weighted by Crippen LogP contribution is -2.47. The molecular weight excluding hydrogens is 541 g/mol. The van der Waals surface area contributed by atoms with E-state index in [0.717, 1.165) is 54.8 Å². The van der Waals surface area contributed by atoms with Crippen molar-refractivity contribution in [1.29, 1.82) is 0 Å². The maximum absolute atomic E-state index is 5.54. The molecule has 2 fully saturated rings. The second kappa shape index (κ2) is 9.85. The molecule has 2 aliphatic heterocycles. The quantitative estimate of drug-likeness (QED) is 0.439. The molecule has 1 aromatic carbocycles. The van der Waals surface area contributed by atoms with Crippen molar-refractivity contribution in [1.82, 2.24) is 20.2 Å². The fourth-order valence-electron chi connectivity index (χ4n) is 5.42. The van der Waals surface area contributed by atoms with Gasteiger partial charge in [-0.1, -0.05) is 26.8 Å². The van der Waals surface area contributed by atoms with Gasteiger partial charge in [0.2, 0.25) is 5.88 Å². The van der Waals surface area contributed by atoms with Crippen molar-refractivity contribution >= 4 is 45.3 Å². The Balaban J connectivity index is 1.24. The summed E-state index contributed by atoms with van der Waals surface area (Å²) in [5.74, 6) is 1.62. The molecule has 3 aliphatic rings. The van der Waals surface area contributed by atoms with E-state index in [-0.39, 0.29) is 20.7 Å². The maximum Gasteiger partial charge on any atom is 0.221 e. The molecule has 1 aliphatic carbocycles. The van der Waals surface area contributed by atoms with E-state index in [9.17, 15) is 0 Å². The van der Waals surface area contributed by atoms with Gasteiger partial charge in [-0.2, -0.15) is 0 Å². The zero-order chi connectivity index (χ0) is 22.9. The average molecular weight is 571 g/mol. The number of halogens is 1. The SMILES string of the molecule is COc1ncccc1-c1ccc2[nH]c3c(c2c1)C(NC1CCC(N2CCOCC2)CC1)=IC=N3. The number of nitrogens with zero attached hydrogens (tertiary/aromatic N) is 3. The van der Waals surface area contributed by atoms with Crippen molar-refractivity contribution in [2.45, 2.75) is 37.8 Å². The van der Waals surface area contributed by atoms with Crippen LogP contribution in [0.2, 0.25) is 0 Å². The Labute approximate surface area is 209 Å². The predicted octanol–water partition coefficient (Wildman–Crippen LogP) is 4.59. The van der Waals surface area contributed by atoms with Crippen LogP contribution in [0.25, 0.3) is 22.0 Å². The minimum Gasteiger partial charge on any atom is -0.481 e. The maximum atomic E-state index is 5.54. The van der Waals surface area contributed by atoms with Crippen LogP contribution in [0.4, 0.5) is 5.82 Å². The Bertz CT molecular complexity index is 1240. The number of rotatable bonds is 5. The van der Waals surface area contributed by atoms with Crippen LogP contribution >= 0.6 is 20.7 Å². The molecule has 7 nitrogen and oxygen atoms in total. The third kappa shape index (κ3) is 4.32. The summed E-state index contributed by atoms with van der Waals surface area (Å²) in [6.07, 6.45) is 6.75. The molecule has 4 heterocycles. The average Bonchev–Trinajstić information content (AvgIpc) is 3.28. The highest BCUT2D eigenvalue weighted by atomic mass is 127. The van der Waals surface area contributed by atoms with Crippen LogP contribution in [-0.2, 0) is 4.74 Å². The molecule has 8 heteroatoms. The number of fused-ring (bicyclic) bond motifs is 3. The number of hydrogen-bond donors (Lipinski definition) is 2. The van der Waals surface area contributed by atoms with E-state index >= 15 is 0 Å². The zero-order valence-corrected chi connectivity index (χ0v) is 21.5. The number of pyridine rings is 1. The number of H-pyrrole nitrogens is 1. The Morgan fingerprint density at radius 2 is 2.00 bits per heavy atom. The van der Waals surface area contributed by atoms with Gasteiger partial charge in [-0.25, -0.2) is 9.98 Å². The molecule has 34 heavy (non-hydrogen) atoms. The fourth-order valence-corrected chi connectivity index (χ4v) is 7.60. The van der Waals surface area contributed by atoms with Gasteiger partial charge in [0.25, 0.3) is 0 Å². The number of methoxy groups -OCH3 is 1. The third-order valence-electron chi connectivity index (χ3n) is 7.20. The summed E-state index contributed by atoms with van der Waals surface area (Å²) in [7, 11) is 1.67. The summed E-state index contributed by atoms with van der Waals surface area (Å²) in [6, 6.07) is 11.8. The second-order valence-electron chi connectivity index (χ2n) is 9.12. The number of morpholine rings is 1. The van der Waals surface area contributed by atoms with E-state index in [0.29, 0.717) is 11.9 Å². The first kappa shape index (κ1) is 22.3. The second-order valence-corrected chi connectivity index (χ2v) is 11.4. The van der Waals surface area contributed by atoms with Crippen molar-refractivity contribution in [2.24, 2.45) is 4.99 Å². The number of ether oxygens (including phenoxy) is 2. The Morgan fingerprint density at radius 1 is 1.15 bits per heavy atom. The highest BCUT2D eigenvalue weighted by Gasteiger charge is 2.28. The van der Waals surface area contributed by atoms with E-state index in [1.165, 1.54) is 40.3 Å². The predicted molar refractivity (Wildman–Crippen MR) is 146 cm³/mol. The zero-order valence-electron chi connectivity index (χ0n) is 19.4. The molecule has 0 unspecified atom stereocenters. The van der Waals surface area contributed by atoms with Crippen LogP contribution in [0, 0.1) is 0 Å². The first-order chi connectivity index (χ1) is 16.8. The van der Waals surface area contributed by atoms with Gasteiger partial charge in [-0.05, 0) is 55.5 Å². The van der Waals surface area contributed by atoms with Gasteiger partial charge in [0.05, 0.1) is 33.7 Å². The molecule has 0 atom stereocenters. The highest BCUT2D eigenvalue weighted by Crippen LogP contribution is 2.37. The summed E-state index contributed by atoms with van der Waals surface area (Å²) >= 11 is -0.285. The number of nitrogens with one attached hydrogen (secondary N) is 2. The monoisotopic (exact) mass is 571 g/mol. The lowest BCUT2D eigenvalue weighted by molar-refractivity contribution is 0.00706. The van der Waals surface area contributed by atoms with E-state index in [1.54, 1.807) is 13.3 Å². The van der Waals surface area contributed by atoms with E-state index < -0.39 is 0 Å². The minimum atomic E-state index is -0.285. The summed E-state index contributed by atoms with van der Waals surface area (Å²) < 4.78 is 14.6. The first-order valence-corrected chi connectivity index (χ1v) is 14.4. The normalized spacial score (nSPS) is 23.3. The molecule has 6 rings (SSSR count). The topological polar surface area (TPSA) is 74.8 Å². The summed E-state index contributed by atoms with van der Waals surface area (Å²) in [5.41, 5.74) is 4.49. The van der Waals surface area contributed by atoms with Crippen LogP contribution < -0.4 is 10.1 Å². The van der Waals surface area contributed by atoms with Crippen molar-refractivity contribution in [3.8, 4) is 17.0 Å². The number of aromatic nitrogens is 2. The number of hydrogen-bond acceptors (Lipinski definition) is 6. The van der Waals surface area contributed by atoms with Gasteiger partial charge in [-0.3, -0.25) is 10.2 Å². The summed E-state index contributed by atoms with van der Waals surface area (Å²) in [6.45, 7) is 3.95. The van der Waals surface area contributed by atoms with Crippen molar-refractivity contribution in [2.75, 3.05) is 33.4 Å². The standard InChI is InChI=1S/C26H30IN5O2/c1-33-26-20(3-2-10-28-26)17-4-9-22-21(15-17)23-24(27-16-29-25(23)31-22)30-18-5-7-19(8-6-18)32-11-13-34-14-12-32/h2-4,9-10,15-16,18-19,30H,5-8,11-14H2,1H3,(H,29,31). The van der Waals surface area contributed by atoms with Crippen molar-refractivity contribution < 1.29 is 9.47 Å². The molecule has 2 aromatic heterocycles. The highest BCUT2D eigenvalue weighted by molar-refractivity contribution is 14.2. The van der Waals surface area contributed by atoms with E-state index in [2.05, 4.69) is 48.7 Å². The third-order valence-corrected chi connectivity index (χ3v) is 9.23. The molecule has 1 saturated heterocycles.